The number of likely N-dealkylation sites (N-methyl/N-ethyl adjacent to an activating group) is 1. The Bertz CT molecular complexity index is 636. The van der Waals surface area contributed by atoms with E-state index in [1.54, 1.807) is 6.92 Å². The summed E-state index contributed by atoms with van der Waals surface area (Å²) < 4.78 is 5.57. The Hall–Kier alpha value is -2.07. The van der Waals surface area contributed by atoms with Crippen molar-refractivity contribution in [2.24, 2.45) is 0 Å². The Balaban J connectivity index is 1.54. The summed E-state index contributed by atoms with van der Waals surface area (Å²) in [5.74, 6) is 1.25. The van der Waals surface area contributed by atoms with Crippen molar-refractivity contribution in [3.8, 4) is 6.07 Å². The van der Waals surface area contributed by atoms with Crippen molar-refractivity contribution in [2.75, 3.05) is 44.2 Å². The molecular weight excluding hydrogens is 318 g/mol. The van der Waals surface area contributed by atoms with E-state index >= 15 is 0 Å². The Morgan fingerprint density at radius 1 is 1.32 bits per heavy atom. The first kappa shape index (κ1) is 17.7. The lowest BCUT2D eigenvalue weighted by atomic mass is 10.2. The largest absolute Gasteiger partial charge is 0.424 e. The second-order valence-corrected chi connectivity index (χ2v) is 6.87. The molecule has 1 aliphatic carbocycles. The van der Waals surface area contributed by atoms with Gasteiger partial charge < -0.3 is 14.2 Å². The molecule has 0 N–H and O–H groups in total. The van der Waals surface area contributed by atoms with Crippen LogP contribution in [0.3, 0.4) is 0 Å². The van der Waals surface area contributed by atoms with Crippen molar-refractivity contribution < 1.29 is 9.21 Å². The quantitative estimate of drug-likeness (QED) is 0.809. The first-order valence-corrected chi connectivity index (χ1v) is 9.26. The van der Waals surface area contributed by atoms with Crippen molar-refractivity contribution in [3.63, 3.8) is 0 Å². The predicted octanol–water partition coefficient (Wildman–Crippen LogP) is 1.77. The number of aromatic nitrogens is 1. The molecule has 1 aromatic rings. The van der Waals surface area contributed by atoms with Gasteiger partial charge in [0.15, 0.2) is 5.89 Å². The Morgan fingerprint density at radius 2 is 2.00 bits per heavy atom. The van der Waals surface area contributed by atoms with E-state index in [1.807, 2.05) is 9.80 Å². The van der Waals surface area contributed by atoms with Crippen LogP contribution in [0.5, 0.6) is 0 Å². The molecule has 7 heteroatoms. The second-order valence-electron chi connectivity index (χ2n) is 6.87. The molecule has 3 rings (SSSR count). The van der Waals surface area contributed by atoms with Crippen molar-refractivity contribution in [2.45, 2.75) is 45.6 Å². The summed E-state index contributed by atoms with van der Waals surface area (Å²) in [5.41, 5.74) is 0.329. The summed E-state index contributed by atoms with van der Waals surface area (Å²) in [6.07, 6.45) is 5.01. The maximum atomic E-state index is 12.7. The molecule has 1 saturated heterocycles. The van der Waals surface area contributed by atoms with Crippen LogP contribution in [0.2, 0.25) is 0 Å². The number of hydrogen-bond donors (Lipinski definition) is 0. The third-order valence-electron chi connectivity index (χ3n) is 5.33. The molecule has 0 unspecified atom stereocenters. The molecule has 0 aromatic carbocycles. The first-order chi connectivity index (χ1) is 12.1. The van der Waals surface area contributed by atoms with Crippen LogP contribution in [0.15, 0.2) is 4.42 Å². The molecule has 0 radical (unpaired) electrons. The Labute approximate surface area is 149 Å². The molecule has 1 aromatic heterocycles. The Morgan fingerprint density at radius 3 is 2.60 bits per heavy atom. The molecule has 0 spiro atoms. The number of hydrogen-bond acceptors (Lipinski definition) is 6. The standard InChI is InChI=1S/C18H27N5O2/c1-3-21(15-6-4-5-7-15)13-17(24)22-8-10-23(11-9-22)18-16(12-19)20-14(2)25-18/h15H,3-11,13H2,1-2H3. The van der Waals surface area contributed by atoms with Crippen LogP contribution in [0, 0.1) is 18.3 Å². The van der Waals surface area contributed by atoms with Gasteiger partial charge in [0, 0.05) is 39.1 Å². The maximum Gasteiger partial charge on any atom is 0.236 e. The van der Waals surface area contributed by atoms with Gasteiger partial charge in [-0.05, 0) is 19.4 Å². The lowest BCUT2D eigenvalue weighted by Gasteiger charge is -2.36. The smallest absolute Gasteiger partial charge is 0.236 e. The van der Waals surface area contributed by atoms with Gasteiger partial charge in [-0.1, -0.05) is 19.8 Å². The zero-order valence-electron chi connectivity index (χ0n) is 15.2. The van der Waals surface area contributed by atoms with Crippen LogP contribution < -0.4 is 4.90 Å². The number of piperazine rings is 1. The number of nitrogens with zero attached hydrogens (tertiary/aromatic N) is 5. The van der Waals surface area contributed by atoms with Crippen molar-refractivity contribution in [1.82, 2.24) is 14.8 Å². The highest BCUT2D eigenvalue weighted by atomic mass is 16.4. The van der Waals surface area contributed by atoms with Gasteiger partial charge >= 0.3 is 0 Å². The highest BCUT2D eigenvalue weighted by Gasteiger charge is 2.28. The average Bonchev–Trinajstić information content (AvgIpc) is 3.29. The fraction of sp³-hybridized carbons (Fsp3) is 0.722. The molecule has 0 bridgehead atoms. The van der Waals surface area contributed by atoms with Gasteiger partial charge in [0.1, 0.15) is 6.07 Å². The number of carbonyl (C=O) groups is 1. The van der Waals surface area contributed by atoms with Crippen LogP contribution in [-0.4, -0.2) is 66.0 Å². The maximum absolute atomic E-state index is 12.7. The van der Waals surface area contributed by atoms with E-state index < -0.39 is 0 Å². The number of amides is 1. The lowest BCUT2D eigenvalue weighted by molar-refractivity contribution is -0.133. The molecular formula is C18H27N5O2. The van der Waals surface area contributed by atoms with Crippen LogP contribution in [0.1, 0.15) is 44.2 Å². The minimum Gasteiger partial charge on any atom is -0.424 e. The van der Waals surface area contributed by atoms with Crippen molar-refractivity contribution in [3.05, 3.63) is 11.6 Å². The summed E-state index contributed by atoms with van der Waals surface area (Å²) in [5, 5.41) is 9.16. The van der Waals surface area contributed by atoms with E-state index in [9.17, 15) is 4.79 Å². The van der Waals surface area contributed by atoms with Gasteiger partial charge in [0.25, 0.3) is 0 Å². The molecule has 25 heavy (non-hydrogen) atoms. The van der Waals surface area contributed by atoms with E-state index in [4.69, 9.17) is 9.68 Å². The summed E-state index contributed by atoms with van der Waals surface area (Å²) in [6, 6.07) is 2.65. The fourth-order valence-corrected chi connectivity index (χ4v) is 3.90. The van der Waals surface area contributed by atoms with Gasteiger partial charge in [-0.25, -0.2) is 4.98 Å². The van der Waals surface area contributed by atoms with Crippen LogP contribution in [0.25, 0.3) is 0 Å². The average molecular weight is 345 g/mol. The number of carbonyl (C=O) groups excluding carboxylic acids is 1. The summed E-state index contributed by atoms with van der Waals surface area (Å²) in [4.78, 5) is 23.0. The van der Waals surface area contributed by atoms with Crippen LogP contribution >= 0.6 is 0 Å². The summed E-state index contributed by atoms with van der Waals surface area (Å²) in [6.45, 7) is 7.99. The topological polar surface area (TPSA) is 76.6 Å². The number of rotatable bonds is 5. The summed E-state index contributed by atoms with van der Waals surface area (Å²) in [7, 11) is 0. The van der Waals surface area contributed by atoms with Gasteiger partial charge in [0.2, 0.25) is 17.5 Å². The monoisotopic (exact) mass is 345 g/mol. The molecule has 136 valence electrons. The predicted molar refractivity (Wildman–Crippen MR) is 94.3 cm³/mol. The fourth-order valence-electron chi connectivity index (χ4n) is 3.90. The van der Waals surface area contributed by atoms with E-state index in [-0.39, 0.29) is 5.91 Å². The first-order valence-electron chi connectivity index (χ1n) is 9.26. The van der Waals surface area contributed by atoms with Crippen LogP contribution in [0.4, 0.5) is 5.88 Å². The Kier molecular flexibility index (Phi) is 5.59. The third kappa shape index (κ3) is 3.96. The molecule has 2 heterocycles. The highest BCUT2D eigenvalue weighted by molar-refractivity contribution is 5.78. The number of aryl methyl sites for hydroxylation is 1. The lowest BCUT2D eigenvalue weighted by Crippen LogP contribution is -2.52. The normalized spacial score (nSPS) is 18.8. The van der Waals surface area contributed by atoms with E-state index in [1.165, 1.54) is 25.7 Å². The van der Waals surface area contributed by atoms with Gasteiger partial charge in [0.05, 0.1) is 6.54 Å². The number of oxazole rings is 1. The molecule has 1 amide bonds. The SMILES string of the molecule is CCN(CC(=O)N1CCN(c2oc(C)nc2C#N)CC1)C1CCCC1. The van der Waals surface area contributed by atoms with E-state index in [2.05, 4.69) is 22.9 Å². The zero-order chi connectivity index (χ0) is 17.8. The number of anilines is 1. The molecule has 1 aliphatic heterocycles. The molecule has 7 nitrogen and oxygen atoms in total. The van der Waals surface area contributed by atoms with Crippen molar-refractivity contribution in [1.29, 1.82) is 5.26 Å². The molecule has 2 aliphatic rings. The van der Waals surface area contributed by atoms with Gasteiger partial charge in [-0.2, -0.15) is 5.26 Å². The molecule has 2 fully saturated rings. The second kappa shape index (κ2) is 7.87. The molecule has 1 saturated carbocycles. The van der Waals surface area contributed by atoms with E-state index in [0.717, 1.165) is 6.54 Å². The summed E-state index contributed by atoms with van der Waals surface area (Å²) >= 11 is 0. The van der Waals surface area contributed by atoms with Gasteiger partial charge in [-0.15, -0.1) is 0 Å². The van der Waals surface area contributed by atoms with Crippen LogP contribution in [-0.2, 0) is 4.79 Å². The highest BCUT2D eigenvalue weighted by Crippen LogP contribution is 2.24. The van der Waals surface area contributed by atoms with Crippen molar-refractivity contribution >= 4 is 11.8 Å². The molecule has 0 atom stereocenters. The minimum absolute atomic E-state index is 0.211. The minimum atomic E-state index is 0.211. The van der Waals surface area contributed by atoms with E-state index in [0.29, 0.717) is 56.2 Å². The number of nitriles is 1. The third-order valence-corrected chi connectivity index (χ3v) is 5.33. The van der Waals surface area contributed by atoms with Gasteiger partial charge in [-0.3, -0.25) is 9.69 Å². The zero-order valence-corrected chi connectivity index (χ0v) is 15.2.